The highest BCUT2D eigenvalue weighted by Gasteiger charge is 1.87. The molecule has 0 spiro atoms. The Bertz CT molecular complexity index is 168. The van der Waals surface area contributed by atoms with E-state index in [2.05, 4.69) is 49.5 Å². The van der Waals surface area contributed by atoms with Gasteiger partial charge in [0.25, 0.3) is 0 Å². The van der Waals surface area contributed by atoms with Gasteiger partial charge in [-0.15, -0.1) is 0 Å². The Kier molecular flexibility index (Phi) is 17.1. The first-order chi connectivity index (χ1) is 5.12. The molecule has 92 valence electrons. The summed E-state index contributed by atoms with van der Waals surface area (Å²) in [4.78, 5) is 0. The molecule has 0 heterocycles. The zero-order valence-corrected chi connectivity index (χ0v) is 11.6. The molecule has 0 bridgehead atoms. The van der Waals surface area contributed by atoms with E-state index in [9.17, 15) is 0 Å². The van der Waals surface area contributed by atoms with Crippen LogP contribution in [0, 0.1) is 0 Å². The lowest BCUT2D eigenvalue weighted by atomic mass is 11.6. The van der Waals surface area contributed by atoms with Crippen molar-refractivity contribution >= 4 is 14.1 Å². The van der Waals surface area contributed by atoms with Crippen LogP contribution in [0.4, 0.5) is 0 Å². The summed E-state index contributed by atoms with van der Waals surface area (Å²) in [7, 11) is 2.22. The number of rotatable bonds is 0. The van der Waals surface area contributed by atoms with Crippen LogP contribution in [0.15, 0.2) is 9.49 Å². The van der Waals surface area contributed by atoms with Gasteiger partial charge in [0.15, 0.2) is 0 Å². The summed E-state index contributed by atoms with van der Waals surface area (Å²) in [5.41, 5.74) is 0. The summed E-state index contributed by atoms with van der Waals surface area (Å²) >= 11 is 0. The van der Waals surface area contributed by atoms with Crippen LogP contribution in [0.5, 0.6) is 0 Å². The molecule has 0 aliphatic carbocycles. The van der Waals surface area contributed by atoms with Crippen LogP contribution < -0.4 is 0 Å². The van der Waals surface area contributed by atoms with E-state index in [4.69, 9.17) is 0 Å². The van der Waals surface area contributed by atoms with Crippen molar-refractivity contribution in [3.05, 3.63) is 0 Å². The van der Waals surface area contributed by atoms with Gasteiger partial charge in [0.2, 0.25) is 0 Å². The molecule has 2 nitrogen and oxygen atoms in total. The third kappa shape index (κ3) is 39.2. The molecule has 0 N–H and O–H groups in total. The summed E-state index contributed by atoms with van der Waals surface area (Å²) in [6, 6.07) is 0. The molecule has 4 heteroatoms. The predicted molar refractivity (Wildman–Crippen MR) is 79.6 cm³/mol. The third-order valence-electron chi connectivity index (χ3n) is 1.20. The van der Waals surface area contributed by atoms with Gasteiger partial charge in [-0.05, 0) is 54.1 Å². The van der Waals surface area contributed by atoms with Gasteiger partial charge >= 0.3 is 0 Å². The first-order valence-corrected chi connectivity index (χ1v) is 10.1. The number of hydrogen-bond donors (Lipinski definition) is 0. The van der Waals surface area contributed by atoms with Crippen molar-refractivity contribution in [1.29, 1.82) is 0 Å². The predicted octanol–water partition coefficient (Wildman–Crippen LogP) is 4.69. The van der Waals surface area contributed by atoms with Gasteiger partial charge < -0.3 is 9.49 Å². The fraction of sp³-hybridized carbons (Fsp3) is 1.00. The maximum absolute atomic E-state index is 4.13. The molecule has 0 aromatic rings. The molecule has 0 aromatic heterocycles. The lowest BCUT2D eigenvalue weighted by molar-refractivity contribution is 1.48. The second-order valence-electron chi connectivity index (χ2n) is 4.28. The van der Waals surface area contributed by atoms with Crippen LogP contribution in [0.1, 0.15) is 14.9 Å². The van der Waals surface area contributed by atoms with E-state index < -0.39 is 14.1 Å². The maximum Gasteiger partial charge on any atom is 0.0261 e. The van der Waals surface area contributed by atoms with Crippen molar-refractivity contribution in [2.75, 3.05) is 54.1 Å². The zero-order chi connectivity index (χ0) is 10.4. The Morgan fingerprint density at radius 2 is 0.643 bits per heavy atom. The third-order valence-corrected chi connectivity index (χ3v) is 3.60. The number of nitrogens with zero attached hydrogens (tertiary/aromatic N) is 2. The summed E-state index contributed by atoms with van der Waals surface area (Å²) in [6.45, 7) is 13.1. The molecule has 0 saturated heterocycles. The standard InChI is InChI=1S/2C4H12NP.2CH4/c2*1-5-6(2,3)4;;/h2*1-4H3;2*1H4. The topological polar surface area (TPSA) is 24.7 Å². The van der Waals surface area contributed by atoms with Crippen LogP contribution in [0.25, 0.3) is 0 Å². The van der Waals surface area contributed by atoms with Crippen molar-refractivity contribution in [3.63, 3.8) is 0 Å². The highest BCUT2D eigenvalue weighted by Crippen LogP contribution is 2.34. The fourth-order valence-corrected chi connectivity index (χ4v) is 0. The van der Waals surface area contributed by atoms with E-state index in [1.54, 1.807) is 0 Å². The summed E-state index contributed by atoms with van der Waals surface area (Å²) in [5, 5.41) is 0. The molecular formula is C10H32N2P2. The molecule has 0 aliphatic heterocycles. The van der Waals surface area contributed by atoms with E-state index in [0.29, 0.717) is 0 Å². The molecule has 0 unspecified atom stereocenters. The molecule has 14 heavy (non-hydrogen) atoms. The van der Waals surface area contributed by atoms with Gasteiger partial charge in [-0.25, -0.2) is 0 Å². The van der Waals surface area contributed by atoms with Gasteiger partial charge in [-0.1, -0.05) is 14.9 Å². The largest absolute Gasteiger partial charge is 0.307 e. The van der Waals surface area contributed by atoms with Gasteiger partial charge in [0.05, 0.1) is 0 Å². The van der Waals surface area contributed by atoms with Gasteiger partial charge in [0.1, 0.15) is 0 Å². The highest BCUT2D eigenvalue weighted by molar-refractivity contribution is 7.64. The molecular weight excluding hydrogens is 210 g/mol. The van der Waals surface area contributed by atoms with Crippen LogP contribution in [0.2, 0.25) is 0 Å². The van der Waals surface area contributed by atoms with E-state index in [1.165, 1.54) is 0 Å². The maximum atomic E-state index is 4.13. The Labute approximate surface area is 93.0 Å². The van der Waals surface area contributed by atoms with Crippen LogP contribution >= 0.6 is 14.1 Å². The molecule has 0 rings (SSSR count). The summed E-state index contributed by atoms with van der Waals surface area (Å²) in [6.07, 6.45) is 0. The quantitative estimate of drug-likeness (QED) is 0.551. The highest BCUT2D eigenvalue weighted by atomic mass is 31.2. The monoisotopic (exact) mass is 242 g/mol. The van der Waals surface area contributed by atoms with Crippen LogP contribution in [-0.4, -0.2) is 54.1 Å². The van der Waals surface area contributed by atoms with Crippen molar-refractivity contribution in [2.45, 2.75) is 14.9 Å². The Hall–Kier alpha value is 0.460. The van der Waals surface area contributed by atoms with Crippen molar-refractivity contribution < 1.29 is 0 Å². The van der Waals surface area contributed by atoms with Gasteiger partial charge in [-0.3, -0.25) is 0 Å². The molecule has 0 aromatic carbocycles. The summed E-state index contributed by atoms with van der Waals surface area (Å²) < 4.78 is 8.26. The fourth-order valence-electron chi connectivity index (χ4n) is 0. The molecule has 0 fully saturated rings. The Balaban J connectivity index is -0.0000000625. The van der Waals surface area contributed by atoms with Gasteiger partial charge in [-0.2, -0.15) is 0 Å². The Morgan fingerprint density at radius 3 is 0.643 bits per heavy atom. The van der Waals surface area contributed by atoms with E-state index in [0.717, 1.165) is 0 Å². The molecule has 0 atom stereocenters. The smallest absolute Gasteiger partial charge is 0.0261 e. The normalized spacial score (nSPS) is 9.71. The summed E-state index contributed by atoms with van der Waals surface area (Å²) in [5.74, 6) is 0. The second-order valence-corrected chi connectivity index (χ2v) is 12.8. The minimum absolute atomic E-state index is 0. The van der Waals surface area contributed by atoms with Crippen molar-refractivity contribution in [2.24, 2.45) is 9.49 Å². The van der Waals surface area contributed by atoms with Gasteiger partial charge in [0, 0.05) is 14.1 Å². The lowest BCUT2D eigenvalue weighted by Crippen LogP contribution is -1.65. The van der Waals surface area contributed by atoms with E-state index >= 15 is 0 Å². The first-order valence-electron chi connectivity index (χ1n) is 3.98. The average Bonchev–Trinajstić information content (AvgIpc) is 1.86. The molecule has 0 aliphatic rings. The van der Waals surface area contributed by atoms with Crippen LogP contribution in [0.3, 0.4) is 0 Å². The van der Waals surface area contributed by atoms with E-state index in [1.807, 2.05) is 14.1 Å². The minimum atomic E-state index is -0.772. The second kappa shape index (κ2) is 9.99. The Morgan fingerprint density at radius 1 is 0.571 bits per heavy atom. The SMILES string of the molecule is C.C.CN=P(C)(C)C.CN=P(C)(C)C. The number of hydrogen-bond acceptors (Lipinski definition) is 2. The average molecular weight is 242 g/mol. The van der Waals surface area contributed by atoms with Crippen LogP contribution in [-0.2, 0) is 0 Å². The lowest BCUT2D eigenvalue weighted by Gasteiger charge is -1.99. The zero-order valence-electron chi connectivity index (χ0n) is 9.79. The first kappa shape index (κ1) is 23.9. The van der Waals surface area contributed by atoms with E-state index in [-0.39, 0.29) is 14.9 Å². The molecule has 0 radical (unpaired) electrons. The van der Waals surface area contributed by atoms with Crippen molar-refractivity contribution in [1.82, 2.24) is 0 Å². The minimum Gasteiger partial charge on any atom is -0.307 e. The molecule has 0 amide bonds. The van der Waals surface area contributed by atoms with Crippen molar-refractivity contribution in [3.8, 4) is 0 Å². The molecule has 0 saturated carbocycles.